The topological polar surface area (TPSA) is 61.1 Å². The highest BCUT2D eigenvalue weighted by Crippen LogP contribution is 2.29. The summed E-state index contributed by atoms with van der Waals surface area (Å²) in [6.45, 7) is 5.42. The molecule has 0 saturated heterocycles. The SMILES string of the molecule is CCC(C)(CCC(C)C#N)C(=O)O. The summed E-state index contributed by atoms with van der Waals surface area (Å²) in [6.07, 6.45) is 1.85. The van der Waals surface area contributed by atoms with Crippen LogP contribution in [-0.2, 0) is 4.79 Å². The Labute approximate surface area is 79.4 Å². The van der Waals surface area contributed by atoms with Crippen LogP contribution in [0.25, 0.3) is 0 Å². The zero-order valence-corrected chi connectivity index (χ0v) is 8.50. The molecule has 0 aliphatic carbocycles. The zero-order chi connectivity index (χ0) is 10.5. The molecule has 0 aromatic rings. The van der Waals surface area contributed by atoms with Crippen molar-refractivity contribution < 1.29 is 9.90 Å². The molecular formula is C10H17NO2. The van der Waals surface area contributed by atoms with E-state index in [1.165, 1.54) is 0 Å². The van der Waals surface area contributed by atoms with Gasteiger partial charge >= 0.3 is 5.97 Å². The van der Waals surface area contributed by atoms with Crippen molar-refractivity contribution in [3.8, 4) is 6.07 Å². The van der Waals surface area contributed by atoms with E-state index in [9.17, 15) is 4.79 Å². The third-order valence-corrected chi connectivity index (χ3v) is 2.65. The molecule has 3 heteroatoms. The molecule has 0 rings (SSSR count). The van der Waals surface area contributed by atoms with Gasteiger partial charge in [0.25, 0.3) is 0 Å². The van der Waals surface area contributed by atoms with Crippen LogP contribution in [0.5, 0.6) is 0 Å². The number of carboxylic acid groups (broad SMARTS) is 1. The van der Waals surface area contributed by atoms with Gasteiger partial charge in [-0.05, 0) is 33.1 Å². The molecule has 0 aliphatic rings. The molecule has 3 nitrogen and oxygen atoms in total. The van der Waals surface area contributed by atoms with Crippen LogP contribution in [-0.4, -0.2) is 11.1 Å². The van der Waals surface area contributed by atoms with Crippen LogP contribution in [0.3, 0.4) is 0 Å². The van der Waals surface area contributed by atoms with E-state index in [-0.39, 0.29) is 5.92 Å². The van der Waals surface area contributed by atoms with Gasteiger partial charge in [0.15, 0.2) is 0 Å². The Balaban J connectivity index is 4.15. The number of hydrogen-bond donors (Lipinski definition) is 1. The fourth-order valence-corrected chi connectivity index (χ4v) is 1.03. The molecule has 0 radical (unpaired) electrons. The van der Waals surface area contributed by atoms with Crippen LogP contribution in [0.1, 0.15) is 40.0 Å². The lowest BCUT2D eigenvalue weighted by atomic mass is 9.81. The minimum absolute atomic E-state index is 0.0507. The standard InChI is InChI=1S/C10H17NO2/c1-4-10(3,9(12)13)6-5-8(2)7-11/h8H,4-6H2,1-3H3,(H,12,13). The van der Waals surface area contributed by atoms with Crippen LogP contribution in [0.4, 0.5) is 0 Å². The Bertz CT molecular complexity index is 219. The fourth-order valence-electron chi connectivity index (χ4n) is 1.03. The van der Waals surface area contributed by atoms with Crippen molar-refractivity contribution in [2.75, 3.05) is 0 Å². The Hall–Kier alpha value is -1.04. The van der Waals surface area contributed by atoms with Crippen molar-refractivity contribution in [3.05, 3.63) is 0 Å². The highest BCUT2D eigenvalue weighted by atomic mass is 16.4. The third-order valence-electron chi connectivity index (χ3n) is 2.65. The molecule has 0 aromatic carbocycles. The lowest BCUT2D eigenvalue weighted by Crippen LogP contribution is -2.27. The van der Waals surface area contributed by atoms with Crippen LogP contribution >= 0.6 is 0 Å². The molecule has 0 aliphatic heterocycles. The van der Waals surface area contributed by atoms with Gasteiger partial charge in [0.05, 0.1) is 11.5 Å². The highest BCUT2D eigenvalue weighted by molar-refractivity contribution is 5.73. The monoisotopic (exact) mass is 183 g/mol. The quantitative estimate of drug-likeness (QED) is 0.712. The van der Waals surface area contributed by atoms with Crippen LogP contribution in [0.15, 0.2) is 0 Å². The molecule has 2 atom stereocenters. The van der Waals surface area contributed by atoms with Crippen LogP contribution in [0, 0.1) is 22.7 Å². The van der Waals surface area contributed by atoms with Gasteiger partial charge in [-0.1, -0.05) is 6.92 Å². The van der Waals surface area contributed by atoms with Gasteiger partial charge in [-0.3, -0.25) is 4.79 Å². The Morgan fingerprint density at radius 1 is 1.69 bits per heavy atom. The smallest absolute Gasteiger partial charge is 0.309 e. The van der Waals surface area contributed by atoms with E-state index in [1.807, 2.05) is 13.8 Å². The summed E-state index contributed by atoms with van der Waals surface area (Å²) < 4.78 is 0. The van der Waals surface area contributed by atoms with E-state index in [2.05, 4.69) is 6.07 Å². The predicted molar refractivity (Wildman–Crippen MR) is 50.0 cm³/mol. The van der Waals surface area contributed by atoms with E-state index in [4.69, 9.17) is 10.4 Å². The lowest BCUT2D eigenvalue weighted by Gasteiger charge is -2.23. The first-order chi connectivity index (χ1) is 5.96. The Kier molecular flexibility index (Phi) is 4.47. The Morgan fingerprint density at radius 2 is 2.23 bits per heavy atom. The van der Waals surface area contributed by atoms with E-state index >= 15 is 0 Å². The molecule has 0 amide bonds. The molecule has 0 bridgehead atoms. The largest absolute Gasteiger partial charge is 0.481 e. The maximum Gasteiger partial charge on any atom is 0.309 e. The third kappa shape index (κ3) is 3.45. The minimum atomic E-state index is -0.764. The summed E-state index contributed by atoms with van der Waals surface area (Å²) in [5, 5.41) is 17.5. The maximum atomic E-state index is 10.9. The molecule has 0 spiro atoms. The normalized spacial score (nSPS) is 17.1. The second-order valence-corrected chi connectivity index (χ2v) is 3.79. The average Bonchev–Trinajstić information content (AvgIpc) is 2.13. The summed E-state index contributed by atoms with van der Waals surface area (Å²) in [4.78, 5) is 10.9. The molecule has 0 saturated carbocycles. The molecule has 2 unspecified atom stereocenters. The van der Waals surface area contributed by atoms with Gasteiger partial charge < -0.3 is 5.11 Å². The summed E-state index contributed by atoms with van der Waals surface area (Å²) in [6, 6.07) is 2.11. The summed E-state index contributed by atoms with van der Waals surface area (Å²) >= 11 is 0. The lowest BCUT2D eigenvalue weighted by molar-refractivity contribution is -0.148. The maximum absolute atomic E-state index is 10.9. The van der Waals surface area contributed by atoms with Crippen LogP contribution in [0.2, 0.25) is 0 Å². The number of nitriles is 1. The van der Waals surface area contributed by atoms with Gasteiger partial charge in [0.1, 0.15) is 0 Å². The second kappa shape index (κ2) is 4.86. The van der Waals surface area contributed by atoms with Gasteiger partial charge in [-0.2, -0.15) is 5.26 Å². The predicted octanol–water partition coefficient (Wildman–Crippen LogP) is 2.43. The van der Waals surface area contributed by atoms with E-state index in [1.54, 1.807) is 6.92 Å². The molecule has 13 heavy (non-hydrogen) atoms. The molecule has 0 aromatic heterocycles. The molecule has 0 fully saturated rings. The number of rotatable bonds is 5. The van der Waals surface area contributed by atoms with Crippen molar-refractivity contribution in [2.45, 2.75) is 40.0 Å². The zero-order valence-electron chi connectivity index (χ0n) is 8.50. The molecule has 74 valence electrons. The number of hydrogen-bond acceptors (Lipinski definition) is 2. The van der Waals surface area contributed by atoms with Gasteiger partial charge in [-0.15, -0.1) is 0 Å². The summed E-state index contributed by atoms with van der Waals surface area (Å²) in [5.74, 6) is -0.814. The Morgan fingerprint density at radius 3 is 2.54 bits per heavy atom. The molecule has 0 heterocycles. The average molecular weight is 183 g/mol. The first-order valence-electron chi connectivity index (χ1n) is 4.59. The first kappa shape index (κ1) is 12.0. The van der Waals surface area contributed by atoms with Crippen molar-refractivity contribution in [2.24, 2.45) is 11.3 Å². The summed E-state index contributed by atoms with van der Waals surface area (Å²) in [7, 11) is 0. The second-order valence-electron chi connectivity index (χ2n) is 3.79. The van der Waals surface area contributed by atoms with Crippen LogP contribution < -0.4 is 0 Å². The van der Waals surface area contributed by atoms with Gasteiger partial charge in [0, 0.05) is 5.92 Å². The first-order valence-corrected chi connectivity index (χ1v) is 4.59. The van der Waals surface area contributed by atoms with Crippen molar-refractivity contribution in [3.63, 3.8) is 0 Å². The highest BCUT2D eigenvalue weighted by Gasteiger charge is 2.30. The summed E-state index contributed by atoms with van der Waals surface area (Å²) in [5.41, 5.74) is -0.662. The van der Waals surface area contributed by atoms with Gasteiger partial charge in [-0.25, -0.2) is 0 Å². The van der Waals surface area contributed by atoms with E-state index < -0.39 is 11.4 Å². The molecule has 1 N–H and O–H groups in total. The number of nitrogens with zero attached hydrogens (tertiary/aromatic N) is 1. The van der Waals surface area contributed by atoms with Crippen molar-refractivity contribution in [1.29, 1.82) is 5.26 Å². The number of carboxylic acids is 1. The number of aliphatic carboxylic acids is 1. The van der Waals surface area contributed by atoms with E-state index in [0.717, 1.165) is 0 Å². The fraction of sp³-hybridized carbons (Fsp3) is 0.800. The van der Waals surface area contributed by atoms with Gasteiger partial charge in [0.2, 0.25) is 0 Å². The minimum Gasteiger partial charge on any atom is -0.481 e. The van der Waals surface area contributed by atoms with Crippen molar-refractivity contribution >= 4 is 5.97 Å². The van der Waals surface area contributed by atoms with Crippen molar-refractivity contribution in [1.82, 2.24) is 0 Å². The molecular weight excluding hydrogens is 166 g/mol. The van der Waals surface area contributed by atoms with E-state index in [0.29, 0.717) is 19.3 Å². The number of carbonyl (C=O) groups is 1.